The second-order valence-electron chi connectivity index (χ2n) is 9.85. The number of alkyl halides is 2. The quantitative estimate of drug-likeness (QED) is 0.443. The van der Waals surface area contributed by atoms with Gasteiger partial charge in [-0.05, 0) is 25.3 Å². The van der Waals surface area contributed by atoms with Gasteiger partial charge in [-0.2, -0.15) is 18.0 Å². The first-order valence-corrected chi connectivity index (χ1v) is 13.4. The van der Waals surface area contributed by atoms with Crippen LogP contribution in [0.25, 0.3) is 11.0 Å². The molecule has 3 fully saturated rings. The molecule has 1 saturated carbocycles. The standard InChI is InChI=1S/C22H28F2N8O3S/c23-22(24)12-21(29-13-22,17(33)2-1-7-25)6-9-30-36(34,35)32-11-10-31(14-20(32)4-5-20)19-16-3-8-26-18(16)27-15-28-19/h3,8,15,29-30H,1-2,4-6,9-14H2,(H,26,27,28)/t21-/m0/s1. The second kappa shape index (κ2) is 8.98. The monoisotopic (exact) mass is 522 g/mol. The smallest absolute Gasteiger partial charge is 0.280 e. The van der Waals surface area contributed by atoms with E-state index < -0.39 is 46.0 Å². The van der Waals surface area contributed by atoms with E-state index in [2.05, 4.69) is 29.9 Å². The topological polar surface area (TPSA) is 147 Å². The summed E-state index contributed by atoms with van der Waals surface area (Å²) < 4.78 is 58.5. The van der Waals surface area contributed by atoms with Crippen molar-refractivity contribution in [1.29, 1.82) is 5.26 Å². The molecule has 2 aliphatic heterocycles. The molecule has 1 atom stereocenters. The lowest BCUT2D eigenvalue weighted by Gasteiger charge is -2.41. The van der Waals surface area contributed by atoms with Crippen molar-refractivity contribution in [3.05, 3.63) is 18.6 Å². The molecule has 36 heavy (non-hydrogen) atoms. The lowest BCUT2D eigenvalue weighted by Crippen LogP contribution is -2.60. The average molecular weight is 523 g/mol. The highest BCUT2D eigenvalue weighted by molar-refractivity contribution is 7.87. The van der Waals surface area contributed by atoms with Crippen molar-refractivity contribution in [3.8, 4) is 6.07 Å². The van der Waals surface area contributed by atoms with Gasteiger partial charge in [-0.3, -0.25) is 10.1 Å². The van der Waals surface area contributed by atoms with Crippen LogP contribution in [-0.4, -0.2) is 83.2 Å². The van der Waals surface area contributed by atoms with E-state index in [9.17, 15) is 22.0 Å². The number of nitrogens with zero attached hydrogens (tertiary/aromatic N) is 5. The number of hydrogen-bond donors (Lipinski definition) is 3. The third-order valence-corrected chi connectivity index (χ3v) is 9.14. The Morgan fingerprint density at radius 3 is 2.78 bits per heavy atom. The normalized spacial score (nSPS) is 25.3. The molecule has 0 bridgehead atoms. The molecule has 1 spiro atoms. The maximum atomic E-state index is 14.0. The van der Waals surface area contributed by atoms with Crippen LogP contribution >= 0.6 is 0 Å². The highest BCUT2D eigenvalue weighted by atomic mass is 32.2. The average Bonchev–Trinajstić information content (AvgIpc) is 3.26. The van der Waals surface area contributed by atoms with Crippen LogP contribution in [0.15, 0.2) is 18.6 Å². The van der Waals surface area contributed by atoms with Crippen LogP contribution in [0.2, 0.25) is 0 Å². The van der Waals surface area contributed by atoms with Crippen LogP contribution in [0.3, 0.4) is 0 Å². The number of piperazine rings is 1. The highest BCUT2D eigenvalue weighted by Gasteiger charge is 2.56. The predicted molar refractivity (Wildman–Crippen MR) is 126 cm³/mol. The van der Waals surface area contributed by atoms with Crippen molar-refractivity contribution in [2.75, 3.05) is 37.6 Å². The number of halogens is 2. The number of carbonyl (C=O) groups is 1. The lowest BCUT2D eigenvalue weighted by atomic mass is 9.85. The second-order valence-corrected chi connectivity index (χ2v) is 11.5. The number of ketones is 1. The van der Waals surface area contributed by atoms with Gasteiger partial charge >= 0.3 is 0 Å². The first kappa shape index (κ1) is 24.9. The largest absolute Gasteiger partial charge is 0.353 e. The Hall–Kier alpha value is -2.73. The van der Waals surface area contributed by atoms with Gasteiger partial charge in [0.25, 0.3) is 16.1 Å². The fourth-order valence-electron chi connectivity index (χ4n) is 5.44. The summed E-state index contributed by atoms with van der Waals surface area (Å²) in [7, 11) is -3.92. The first-order valence-electron chi connectivity index (χ1n) is 11.9. The fraction of sp³-hybridized carbons (Fsp3) is 0.636. The molecule has 0 amide bonds. The third kappa shape index (κ3) is 4.56. The number of hydrogen-bond acceptors (Lipinski definition) is 8. The molecular weight excluding hydrogens is 494 g/mol. The van der Waals surface area contributed by atoms with Gasteiger partial charge in [0.05, 0.1) is 29.1 Å². The number of H-pyrrole nitrogens is 1. The van der Waals surface area contributed by atoms with Crippen molar-refractivity contribution in [2.24, 2.45) is 0 Å². The van der Waals surface area contributed by atoms with Gasteiger partial charge in [0, 0.05) is 51.6 Å². The summed E-state index contributed by atoms with van der Waals surface area (Å²) in [5, 5.41) is 12.3. The fourth-order valence-corrected chi connectivity index (χ4v) is 7.03. The molecule has 5 rings (SSSR count). The number of nitrogens with one attached hydrogen (secondary N) is 3. The Bertz CT molecular complexity index is 1310. The summed E-state index contributed by atoms with van der Waals surface area (Å²) in [6.07, 6.45) is 3.61. The van der Waals surface area contributed by atoms with Gasteiger partial charge in [0.15, 0.2) is 5.78 Å². The minimum atomic E-state index is -3.92. The van der Waals surface area contributed by atoms with Crippen LogP contribution < -0.4 is 14.9 Å². The van der Waals surface area contributed by atoms with Crippen LogP contribution in [0.5, 0.6) is 0 Å². The van der Waals surface area contributed by atoms with Crippen LogP contribution in [0.1, 0.15) is 38.5 Å². The summed E-state index contributed by atoms with van der Waals surface area (Å²) in [6, 6.07) is 3.75. The number of rotatable bonds is 9. The molecule has 0 radical (unpaired) electrons. The number of nitriles is 1. The van der Waals surface area contributed by atoms with E-state index >= 15 is 0 Å². The molecule has 2 aromatic heterocycles. The van der Waals surface area contributed by atoms with Crippen LogP contribution in [0, 0.1) is 11.3 Å². The number of Topliss-reactive ketones (excluding diaryl/α,β-unsaturated/α-hetero) is 1. The summed E-state index contributed by atoms with van der Waals surface area (Å²) in [6.45, 7) is 0.337. The molecule has 2 aromatic rings. The summed E-state index contributed by atoms with van der Waals surface area (Å²) in [5.41, 5.74) is -1.39. The Balaban J connectivity index is 1.25. The van der Waals surface area contributed by atoms with Gasteiger partial charge in [-0.1, -0.05) is 0 Å². The Kier molecular flexibility index (Phi) is 6.22. The van der Waals surface area contributed by atoms with Gasteiger partial charge < -0.3 is 9.88 Å². The minimum Gasteiger partial charge on any atom is -0.353 e. The van der Waals surface area contributed by atoms with E-state index in [0.29, 0.717) is 31.6 Å². The highest BCUT2D eigenvalue weighted by Crippen LogP contribution is 2.46. The third-order valence-electron chi connectivity index (χ3n) is 7.42. The van der Waals surface area contributed by atoms with Gasteiger partial charge in [-0.15, -0.1) is 0 Å². The maximum Gasteiger partial charge on any atom is 0.280 e. The zero-order valence-corrected chi connectivity index (χ0v) is 20.5. The van der Waals surface area contributed by atoms with Crippen molar-refractivity contribution < 1.29 is 22.0 Å². The summed E-state index contributed by atoms with van der Waals surface area (Å²) >= 11 is 0. The Labute approximate surface area is 207 Å². The van der Waals surface area contributed by atoms with E-state index in [4.69, 9.17) is 5.26 Å². The number of anilines is 1. The van der Waals surface area contributed by atoms with Gasteiger partial charge in [-0.25, -0.2) is 23.5 Å². The molecule has 2 saturated heterocycles. The number of aromatic amines is 1. The number of carbonyl (C=O) groups excluding carboxylic acids is 1. The Morgan fingerprint density at radius 1 is 1.28 bits per heavy atom. The van der Waals surface area contributed by atoms with Gasteiger partial charge in [0.1, 0.15) is 17.8 Å². The molecule has 14 heteroatoms. The molecule has 1 aliphatic carbocycles. The maximum absolute atomic E-state index is 14.0. The molecule has 0 aromatic carbocycles. The summed E-state index contributed by atoms with van der Waals surface area (Å²) in [4.78, 5) is 26.4. The summed E-state index contributed by atoms with van der Waals surface area (Å²) in [5.74, 6) is -2.81. The predicted octanol–water partition coefficient (Wildman–Crippen LogP) is 1.08. The molecule has 3 aliphatic rings. The number of aromatic nitrogens is 3. The minimum absolute atomic E-state index is 0.0756. The van der Waals surface area contributed by atoms with E-state index in [-0.39, 0.29) is 32.4 Å². The van der Waals surface area contributed by atoms with E-state index in [1.807, 2.05) is 12.1 Å². The van der Waals surface area contributed by atoms with Crippen molar-refractivity contribution in [3.63, 3.8) is 0 Å². The Morgan fingerprint density at radius 2 is 2.08 bits per heavy atom. The molecule has 3 N–H and O–H groups in total. The van der Waals surface area contributed by atoms with Crippen LogP contribution in [-0.2, 0) is 15.0 Å². The van der Waals surface area contributed by atoms with Gasteiger partial charge in [0.2, 0.25) is 0 Å². The van der Waals surface area contributed by atoms with Crippen molar-refractivity contribution >= 4 is 32.8 Å². The SMILES string of the molecule is N#CCCC(=O)[C@]1(CCNS(=O)(=O)N2CCN(c3ncnc4[nH]ccc34)CC23CC3)CC(F)(F)CN1. The van der Waals surface area contributed by atoms with E-state index in [0.717, 1.165) is 11.2 Å². The number of fused-ring (bicyclic) bond motifs is 1. The molecule has 11 nitrogen and oxygen atoms in total. The lowest BCUT2D eigenvalue weighted by molar-refractivity contribution is -0.126. The van der Waals surface area contributed by atoms with E-state index in [1.54, 1.807) is 6.20 Å². The van der Waals surface area contributed by atoms with Crippen molar-refractivity contribution in [1.82, 2.24) is 29.3 Å². The molecular formula is C22H28F2N8O3S. The first-order chi connectivity index (χ1) is 17.1. The van der Waals surface area contributed by atoms with Crippen molar-refractivity contribution in [2.45, 2.75) is 55.5 Å². The zero-order chi connectivity index (χ0) is 25.6. The molecule has 194 valence electrons. The molecule has 4 heterocycles. The molecule has 0 unspecified atom stereocenters. The van der Waals surface area contributed by atoms with Crippen LogP contribution in [0.4, 0.5) is 14.6 Å². The zero-order valence-electron chi connectivity index (χ0n) is 19.6. The van der Waals surface area contributed by atoms with E-state index in [1.165, 1.54) is 10.6 Å².